The first-order chi connectivity index (χ1) is 7.65. The summed E-state index contributed by atoms with van der Waals surface area (Å²) in [6, 6.07) is 3.33. The van der Waals surface area contributed by atoms with E-state index in [0.717, 1.165) is 15.8 Å². The Hall–Kier alpha value is -1.54. The third-order valence-corrected chi connectivity index (χ3v) is 2.76. The van der Waals surface area contributed by atoms with E-state index in [1.807, 2.05) is 0 Å². The SMILES string of the molecule is Nc1nnc(NC(=O)c2ccc(Br)cn2)s1. The van der Waals surface area contributed by atoms with Crippen LogP contribution in [-0.4, -0.2) is 21.1 Å². The number of aromatic nitrogens is 3. The predicted molar refractivity (Wildman–Crippen MR) is 64.2 cm³/mol. The van der Waals surface area contributed by atoms with Crippen LogP contribution in [-0.2, 0) is 0 Å². The third kappa shape index (κ3) is 2.52. The molecule has 0 atom stereocenters. The summed E-state index contributed by atoms with van der Waals surface area (Å²) in [5.41, 5.74) is 5.69. The highest BCUT2D eigenvalue weighted by molar-refractivity contribution is 9.10. The fraction of sp³-hybridized carbons (Fsp3) is 0. The first-order valence-corrected chi connectivity index (χ1v) is 5.78. The number of nitrogen functional groups attached to an aromatic ring is 1. The third-order valence-electron chi connectivity index (χ3n) is 1.62. The average Bonchev–Trinajstić information content (AvgIpc) is 2.65. The second-order valence-corrected chi connectivity index (χ2v) is 4.69. The van der Waals surface area contributed by atoms with Gasteiger partial charge in [-0.15, -0.1) is 10.2 Å². The van der Waals surface area contributed by atoms with Gasteiger partial charge < -0.3 is 5.73 Å². The molecule has 2 aromatic heterocycles. The minimum absolute atomic E-state index is 0.303. The molecule has 82 valence electrons. The number of nitrogens with two attached hydrogens (primary N) is 1. The molecule has 0 saturated heterocycles. The van der Waals surface area contributed by atoms with Gasteiger partial charge in [0.2, 0.25) is 10.3 Å². The van der Waals surface area contributed by atoms with Gasteiger partial charge in [-0.1, -0.05) is 11.3 Å². The number of hydrogen-bond acceptors (Lipinski definition) is 6. The summed E-state index contributed by atoms with van der Waals surface area (Å²) in [6.07, 6.45) is 1.55. The lowest BCUT2D eigenvalue weighted by Gasteiger charge is -1.99. The van der Waals surface area contributed by atoms with Crippen LogP contribution in [0, 0.1) is 0 Å². The van der Waals surface area contributed by atoms with Gasteiger partial charge in [0.1, 0.15) is 5.69 Å². The summed E-state index contributed by atoms with van der Waals surface area (Å²) in [5, 5.41) is 10.5. The number of halogens is 1. The quantitative estimate of drug-likeness (QED) is 0.877. The second kappa shape index (κ2) is 4.54. The van der Waals surface area contributed by atoms with Gasteiger partial charge in [0.15, 0.2) is 0 Å². The highest BCUT2D eigenvalue weighted by Crippen LogP contribution is 2.17. The first-order valence-electron chi connectivity index (χ1n) is 4.17. The molecule has 0 aliphatic carbocycles. The molecule has 6 nitrogen and oxygen atoms in total. The van der Waals surface area contributed by atoms with Gasteiger partial charge in [-0.05, 0) is 28.1 Å². The summed E-state index contributed by atoms with van der Waals surface area (Å²) < 4.78 is 0.809. The van der Waals surface area contributed by atoms with Crippen LogP contribution >= 0.6 is 27.3 Å². The zero-order chi connectivity index (χ0) is 11.5. The number of anilines is 2. The summed E-state index contributed by atoms with van der Waals surface area (Å²) in [7, 11) is 0. The number of nitrogens with zero attached hydrogens (tertiary/aromatic N) is 3. The largest absolute Gasteiger partial charge is 0.374 e. The zero-order valence-corrected chi connectivity index (χ0v) is 10.2. The fourth-order valence-electron chi connectivity index (χ4n) is 0.956. The van der Waals surface area contributed by atoms with Crippen molar-refractivity contribution in [2.75, 3.05) is 11.1 Å². The molecule has 3 N–H and O–H groups in total. The predicted octanol–water partition coefficient (Wildman–Crippen LogP) is 1.53. The van der Waals surface area contributed by atoms with Crippen LogP contribution in [0.2, 0.25) is 0 Å². The average molecular weight is 300 g/mol. The maximum atomic E-state index is 11.6. The summed E-state index contributed by atoms with van der Waals surface area (Å²) in [5.74, 6) is -0.344. The molecular weight excluding hydrogens is 294 g/mol. The number of amides is 1. The van der Waals surface area contributed by atoms with E-state index in [4.69, 9.17) is 5.73 Å². The van der Waals surface area contributed by atoms with Crippen LogP contribution in [0.5, 0.6) is 0 Å². The van der Waals surface area contributed by atoms with Gasteiger partial charge in [0.25, 0.3) is 5.91 Å². The minimum atomic E-state index is -0.344. The Morgan fingerprint density at radius 2 is 2.25 bits per heavy atom. The topological polar surface area (TPSA) is 93.8 Å². The lowest BCUT2D eigenvalue weighted by atomic mass is 10.3. The summed E-state index contributed by atoms with van der Waals surface area (Å²) in [4.78, 5) is 15.6. The highest BCUT2D eigenvalue weighted by Gasteiger charge is 2.09. The smallest absolute Gasteiger partial charge is 0.276 e. The standard InChI is InChI=1S/C8H6BrN5OS/c9-4-1-2-5(11-3-4)6(15)12-8-14-13-7(10)16-8/h1-3H,(H2,10,13)(H,12,14,15). The number of rotatable bonds is 2. The Morgan fingerprint density at radius 1 is 1.44 bits per heavy atom. The van der Waals surface area contributed by atoms with Crippen LogP contribution in [0.25, 0.3) is 0 Å². The van der Waals surface area contributed by atoms with Gasteiger partial charge in [0, 0.05) is 10.7 Å². The monoisotopic (exact) mass is 299 g/mol. The molecule has 0 bridgehead atoms. The minimum Gasteiger partial charge on any atom is -0.374 e. The normalized spacial score (nSPS) is 10.1. The van der Waals surface area contributed by atoms with Gasteiger partial charge in [-0.25, -0.2) is 4.98 Å². The Labute approximate surface area is 103 Å². The van der Waals surface area contributed by atoms with E-state index < -0.39 is 0 Å². The summed E-state index contributed by atoms with van der Waals surface area (Å²) in [6.45, 7) is 0. The number of pyridine rings is 1. The van der Waals surface area contributed by atoms with Gasteiger partial charge in [-0.3, -0.25) is 10.1 Å². The van der Waals surface area contributed by atoms with Crippen molar-refractivity contribution in [3.05, 3.63) is 28.5 Å². The molecule has 8 heteroatoms. The lowest BCUT2D eigenvalue weighted by Crippen LogP contribution is -2.13. The molecule has 2 heterocycles. The maximum absolute atomic E-state index is 11.6. The molecule has 0 radical (unpaired) electrons. The molecule has 2 rings (SSSR count). The van der Waals surface area contributed by atoms with Crippen molar-refractivity contribution in [3.8, 4) is 0 Å². The van der Waals surface area contributed by atoms with E-state index in [1.165, 1.54) is 0 Å². The maximum Gasteiger partial charge on any atom is 0.276 e. The van der Waals surface area contributed by atoms with Crippen molar-refractivity contribution in [2.45, 2.75) is 0 Å². The van der Waals surface area contributed by atoms with Crippen molar-refractivity contribution in [1.82, 2.24) is 15.2 Å². The molecule has 0 aliphatic rings. The lowest BCUT2D eigenvalue weighted by molar-refractivity contribution is 0.102. The number of hydrogen-bond donors (Lipinski definition) is 2. The van der Waals surface area contributed by atoms with Gasteiger partial charge in [-0.2, -0.15) is 0 Å². The Kier molecular flexibility index (Phi) is 3.11. The molecule has 2 aromatic rings. The Balaban J connectivity index is 2.11. The van der Waals surface area contributed by atoms with E-state index in [2.05, 4.69) is 36.4 Å². The van der Waals surface area contributed by atoms with Gasteiger partial charge in [0.05, 0.1) is 0 Å². The van der Waals surface area contributed by atoms with E-state index in [-0.39, 0.29) is 5.91 Å². The molecule has 0 aromatic carbocycles. The van der Waals surface area contributed by atoms with Gasteiger partial charge >= 0.3 is 0 Å². The van der Waals surface area contributed by atoms with Crippen molar-refractivity contribution in [2.24, 2.45) is 0 Å². The van der Waals surface area contributed by atoms with Crippen molar-refractivity contribution in [3.63, 3.8) is 0 Å². The number of carbonyl (C=O) groups is 1. The van der Waals surface area contributed by atoms with E-state index in [9.17, 15) is 4.79 Å². The number of carbonyl (C=O) groups excluding carboxylic acids is 1. The highest BCUT2D eigenvalue weighted by atomic mass is 79.9. The molecule has 16 heavy (non-hydrogen) atoms. The molecule has 1 amide bonds. The van der Waals surface area contributed by atoms with Crippen LogP contribution < -0.4 is 11.1 Å². The fourth-order valence-corrected chi connectivity index (χ4v) is 1.70. The Bertz CT molecular complexity index is 511. The zero-order valence-electron chi connectivity index (χ0n) is 7.85. The molecule has 0 unspecified atom stereocenters. The van der Waals surface area contributed by atoms with Crippen molar-refractivity contribution in [1.29, 1.82) is 0 Å². The van der Waals surface area contributed by atoms with Crippen LogP contribution in [0.1, 0.15) is 10.5 Å². The van der Waals surface area contributed by atoms with Crippen LogP contribution in [0.3, 0.4) is 0 Å². The van der Waals surface area contributed by atoms with E-state index >= 15 is 0 Å². The molecule has 0 spiro atoms. The van der Waals surface area contributed by atoms with Crippen molar-refractivity contribution >= 4 is 43.4 Å². The van der Waals surface area contributed by atoms with Crippen LogP contribution in [0.4, 0.5) is 10.3 Å². The molecule has 0 aliphatic heterocycles. The van der Waals surface area contributed by atoms with E-state index in [0.29, 0.717) is 16.0 Å². The molecular formula is C8H6BrN5OS. The second-order valence-electron chi connectivity index (χ2n) is 2.76. The first kappa shape index (κ1) is 11.0. The molecule has 0 saturated carbocycles. The summed E-state index contributed by atoms with van der Waals surface area (Å²) >= 11 is 4.33. The van der Waals surface area contributed by atoms with Crippen LogP contribution in [0.15, 0.2) is 22.8 Å². The van der Waals surface area contributed by atoms with E-state index in [1.54, 1.807) is 18.3 Å². The Morgan fingerprint density at radius 3 is 2.81 bits per heavy atom. The molecule has 0 fully saturated rings. The van der Waals surface area contributed by atoms with Crippen molar-refractivity contribution < 1.29 is 4.79 Å². The number of nitrogens with one attached hydrogen (secondary N) is 1.